The van der Waals surface area contributed by atoms with Crippen LogP contribution in [0.4, 0.5) is 30.8 Å². The van der Waals surface area contributed by atoms with Crippen LogP contribution >= 0.6 is 23.2 Å². The number of benzene rings is 1. The fourth-order valence-electron chi connectivity index (χ4n) is 4.86. The highest BCUT2D eigenvalue weighted by atomic mass is 35.5. The highest BCUT2D eigenvalue weighted by molar-refractivity contribution is 6.39. The number of carbonyl (C=O) groups excluding carboxylic acids is 1. The number of nitrogens with one attached hydrogen (secondary N) is 2. The van der Waals surface area contributed by atoms with Crippen LogP contribution in [0.15, 0.2) is 18.3 Å². The van der Waals surface area contributed by atoms with Crippen molar-refractivity contribution in [3.05, 3.63) is 34.2 Å². The molecule has 13 heteroatoms. The van der Waals surface area contributed by atoms with E-state index in [2.05, 4.69) is 25.6 Å². The lowest BCUT2D eigenvalue weighted by atomic mass is 9.73. The van der Waals surface area contributed by atoms with E-state index in [1.807, 2.05) is 11.5 Å². The minimum absolute atomic E-state index is 0.0721. The molecular formula is C23H24Cl2F3N7O. The molecule has 0 saturated heterocycles. The summed E-state index contributed by atoms with van der Waals surface area (Å²) >= 11 is 12.5. The highest BCUT2D eigenvalue weighted by Crippen LogP contribution is 2.44. The van der Waals surface area contributed by atoms with Crippen molar-refractivity contribution in [2.45, 2.75) is 63.5 Å². The van der Waals surface area contributed by atoms with E-state index >= 15 is 0 Å². The van der Waals surface area contributed by atoms with E-state index in [1.54, 1.807) is 0 Å². The molecule has 36 heavy (non-hydrogen) atoms. The van der Waals surface area contributed by atoms with Gasteiger partial charge in [-0.3, -0.25) is 9.36 Å². The lowest BCUT2D eigenvalue weighted by Gasteiger charge is -2.36. The van der Waals surface area contributed by atoms with E-state index in [-0.39, 0.29) is 46.5 Å². The number of aromatic nitrogens is 4. The third-order valence-electron chi connectivity index (χ3n) is 7.12. The minimum atomic E-state index is -2.68. The van der Waals surface area contributed by atoms with Gasteiger partial charge in [-0.05, 0) is 37.8 Å². The third-order valence-corrected chi connectivity index (χ3v) is 7.71. The Morgan fingerprint density at radius 3 is 2.39 bits per heavy atom. The second-order valence-corrected chi connectivity index (χ2v) is 10.7. The number of fused-ring (bicyclic) bond motifs is 1. The van der Waals surface area contributed by atoms with Crippen LogP contribution in [0.1, 0.15) is 51.5 Å². The molecule has 0 spiro atoms. The predicted octanol–water partition coefficient (Wildman–Crippen LogP) is 5.83. The van der Waals surface area contributed by atoms with Gasteiger partial charge in [-0.15, -0.1) is 0 Å². The van der Waals surface area contributed by atoms with Gasteiger partial charge in [-0.2, -0.15) is 4.98 Å². The second-order valence-electron chi connectivity index (χ2n) is 9.84. The van der Waals surface area contributed by atoms with Crippen molar-refractivity contribution in [3.63, 3.8) is 0 Å². The third kappa shape index (κ3) is 4.66. The average Bonchev–Trinajstić information content (AvgIpc) is 3.13. The Morgan fingerprint density at radius 2 is 1.81 bits per heavy atom. The first-order chi connectivity index (χ1) is 16.9. The molecule has 2 fully saturated rings. The fraction of sp³-hybridized carbons (Fsp3) is 0.478. The topological polar surface area (TPSA) is 111 Å². The fourth-order valence-corrected chi connectivity index (χ4v) is 5.41. The summed E-state index contributed by atoms with van der Waals surface area (Å²) < 4.78 is 42.2. The molecule has 0 bridgehead atoms. The largest absolute Gasteiger partial charge is 0.369 e. The van der Waals surface area contributed by atoms with E-state index < -0.39 is 23.2 Å². The van der Waals surface area contributed by atoms with Gasteiger partial charge in [0.05, 0.1) is 21.9 Å². The van der Waals surface area contributed by atoms with E-state index in [1.165, 1.54) is 6.20 Å². The van der Waals surface area contributed by atoms with Crippen molar-refractivity contribution >= 4 is 57.9 Å². The molecule has 2 aromatic heterocycles. The van der Waals surface area contributed by atoms with Crippen LogP contribution in [0.5, 0.6) is 0 Å². The van der Waals surface area contributed by atoms with E-state index in [4.69, 9.17) is 28.9 Å². The Morgan fingerprint density at radius 1 is 1.17 bits per heavy atom. The van der Waals surface area contributed by atoms with Gasteiger partial charge < -0.3 is 16.4 Å². The van der Waals surface area contributed by atoms with Crippen molar-refractivity contribution in [2.24, 2.45) is 11.1 Å². The van der Waals surface area contributed by atoms with Gasteiger partial charge in [0.15, 0.2) is 5.65 Å². The van der Waals surface area contributed by atoms with Crippen molar-refractivity contribution < 1.29 is 18.0 Å². The molecule has 4 N–H and O–H groups in total. The Hall–Kier alpha value is -2.79. The molecule has 2 heterocycles. The summed E-state index contributed by atoms with van der Waals surface area (Å²) in [7, 11) is 0. The molecule has 0 atom stereocenters. The zero-order chi connectivity index (χ0) is 25.8. The van der Waals surface area contributed by atoms with Gasteiger partial charge >= 0.3 is 0 Å². The average molecular weight is 542 g/mol. The maximum absolute atomic E-state index is 13.7. The lowest BCUT2D eigenvalue weighted by Crippen LogP contribution is -2.44. The quantitative estimate of drug-likeness (QED) is 0.362. The summed E-state index contributed by atoms with van der Waals surface area (Å²) in [6, 6.07) is 1.74. The molecule has 3 aromatic rings. The molecule has 0 radical (unpaired) electrons. The van der Waals surface area contributed by atoms with E-state index in [9.17, 15) is 18.0 Å². The molecule has 1 aromatic carbocycles. The van der Waals surface area contributed by atoms with Gasteiger partial charge in [0.1, 0.15) is 11.3 Å². The Labute approximate surface area is 214 Å². The van der Waals surface area contributed by atoms with Gasteiger partial charge in [0.25, 0.3) is 5.92 Å². The number of amides is 1. The summed E-state index contributed by atoms with van der Waals surface area (Å²) in [5, 5.41) is 6.21. The summed E-state index contributed by atoms with van der Waals surface area (Å²) in [4.78, 5) is 25.4. The number of hydrogen-bond acceptors (Lipinski definition) is 6. The smallest absolute Gasteiger partial charge is 0.252 e. The van der Waals surface area contributed by atoms with Gasteiger partial charge in [-0.1, -0.05) is 30.1 Å². The first-order valence-electron chi connectivity index (χ1n) is 11.5. The number of rotatable bonds is 6. The first-order valence-corrected chi connectivity index (χ1v) is 12.3. The van der Waals surface area contributed by atoms with Crippen LogP contribution in [-0.2, 0) is 4.79 Å². The van der Waals surface area contributed by atoms with Crippen LogP contribution in [0.2, 0.25) is 10.0 Å². The van der Waals surface area contributed by atoms with Crippen LogP contribution in [0.25, 0.3) is 11.2 Å². The number of nitrogens with zero attached hydrogens (tertiary/aromatic N) is 4. The number of primary amides is 1. The number of alkyl halides is 2. The Balaban J connectivity index is 1.52. The summed E-state index contributed by atoms with van der Waals surface area (Å²) in [5.41, 5.74) is 6.22. The predicted molar refractivity (Wildman–Crippen MR) is 131 cm³/mol. The van der Waals surface area contributed by atoms with Crippen LogP contribution < -0.4 is 16.4 Å². The second kappa shape index (κ2) is 8.95. The normalized spacial score (nSPS) is 23.9. The molecule has 1 amide bonds. The van der Waals surface area contributed by atoms with Crippen molar-refractivity contribution in [2.75, 3.05) is 10.6 Å². The van der Waals surface area contributed by atoms with Crippen LogP contribution in [-0.4, -0.2) is 37.4 Å². The minimum Gasteiger partial charge on any atom is -0.369 e. The van der Waals surface area contributed by atoms with E-state index in [0.717, 1.165) is 12.1 Å². The summed E-state index contributed by atoms with van der Waals surface area (Å²) in [6.45, 7) is 1.85. The van der Waals surface area contributed by atoms with Crippen molar-refractivity contribution in [3.8, 4) is 0 Å². The van der Waals surface area contributed by atoms with Gasteiger partial charge in [0, 0.05) is 30.3 Å². The SMILES string of the molecule is C[C@]1(C(N)=O)CC[C@@H](n2c(Nc3c(Cl)cc(F)cc3Cl)nc3cnc(NC4CC(F)(F)C4)nc32)CC1. The van der Waals surface area contributed by atoms with Gasteiger partial charge in [0.2, 0.25) is 17.8 Å². The van der Waals surface area contributed by atoms with Crippen molar-refractivity contribution in [1.82, 2.24) is 19.5 Å². The molecule has 0 aliphatic heterocycles. The van der Waals surface area contributed by atoms with Crippen molar-refractivity contribution in [1.29, 1.82) is 0 Å². The number of nitrogens with two attached hydrogens (primary N) is 1. The maximum Gasteiger partial charge on any atom is 0.252 e. The van der Waals surface area contributed by atoms with Crippen LogP contribution in [0, 0.1) is 11.2 Å². The van der Waals surface area contributed by atoms with E-state index in [0.29, 0.717) is 42.8 Å². The zero-order valence-corrected chi connectivity index (χ0v) is 20.8. The molecule has 192 valence electrons. The Kier molecular flexibility index (Phi) is 6.19. The molecule has 5 rings (SSSR count). The molecular weight excluding hydrogens is 518 g/mol. The number of anilines is 3. The Bertz CT molecular complexity index is 1310. The maximum atomic E-state index is 13.7. The van der Waals surface area contributed by atoms with Gasteiger partial charge in [-0.25, -0.2) is 23.1 Å². The number of imidazole rings is 1. The van der Waals surface area contributed by atoms with Crippen LogP contribution in [0.3, 0.4) is 0 Å². The standard InChI is InChI=1S/C23H24Cl2F3N7O/c1-22(19(29)36)4-2-13(3-5-22)35-18-16(10-30-20(34-18)31-12-8-23(27,28)9-12)32-21(35)33-17-14(24)6-11(26)7-15(17)25/h6-7,10,12-13H,2-5,8-9H2,1H3,(H2,29,36)(H,32,33)(H,30,31,34)/t13-,22+. The molecule has 8 nitrogen and oxygen atoms in total. The zero-order valence-electron chi connectivity index (χ0n) is 19.3. The highest BCUT2D eigenvalue weighted by Gasteiger charge is 2.45. The first kappa shape index (κ1) is 24.9. The molecule has 0 unspecified atom stereocenters. The number of halogens is 5. The lowest BCUT2D eigenvalue weighted by molar-refractivity contribution is -0.128. The monoisotopic (exact) mass is 541 g/mol. The number of hydrogen-bond donors (Lipinski definition) is 3. The summed E-state index contributed by atoms with van der Waals surface area (Å²) in [5.74, 6) is -3.03. The molecule has 2 aliphatic carbocycles. The number of carbonyl (C=O) groups is 1. The molecule has 2 saturated carbocycles. The summed E-state index contributed by atoms with van der Waals surface area (Å²) in [6.07, 6.45) is 3.31. The molecule has 2 aliphatic rings.